The molecule has 0 bridgehead atoms. The van der Waals surface area contributed by atoms with E-state index in [4.69, 9.17) is 4.98 Å². The Morgan fingerprint density at radius 3 is 2.76 bits per heavy atom. The average Bonchev–Trinajstić information content (AvgIpc) is 3.30. The van der Waals surface area contributed by atoms with E-state index < -0.39 is 0 Å². The van der Waals surface area contributed by atoms with Crippen molar-refractivity contribution in [1.29, 1.82) is 0 Å². The minimum Gasteiger partial charge on any atom is -0.348 e. The van der Waals surface area contributed by atoms with Crippen molar-refractivity contribution in [2.45, 2.75) is 64.8 Å². The number of hydrogen-bond donors (Lipinski definition) is 1. The first-order valence-corrected chi connectivity index (χ1v) is 9.58. The Morgan fingerprint density at radius 1 is 1.19 bits per heavy atom. The molecule has 1 aromatic rings. The SMILES string of the molecule is CCNCc1sc(N2CCCC(CC)CC2)nc1C1CC1. The van der Waals surface area contributed by atoms with Crippen LogP contribution in [0.25, 0.3) is 0 Å². The van der Waals surface area contributed by atoms with Crippen LogP contribution >= 0.6 is 11.3 Å². The van der Waals surface area contributed by atoms with Crippen LogP contribution in [0.4, 0.5) is 5.13 Å². The summed E-state index contributed by atoms with van der Waals surface area (Å²) in [6.07, 6.45) is 8.11. The fourth-order valence-electron chi connectivity index (χ4n) is 3.29. The smallest absolute Gasteiger partial charge is 0.185 e. The predicted octanol–water partition coefficient (Wildman–Crippen LogP) is 4.15. The van der Waals surface area contributed by atoms with Gasteiger partial charge >= 0.3 is 0 Å². The lowest BCUT2D eigenvalue weighted by Gasteiger charge is -2.19. The van der Waals surface area contributed by atoms with Gasteiger partial charge in [0.2, 0.25) is 0 Å². The lowest BCUT2D eigenvalue weighted by Crippen LogP contribution is -2.24. The van der Waals surface area contributed by atoms with Crippen molar-refractivity contribution in [3.05, 3.63) is 10.6 Å². The molecule has 1 aliphatic heterocycles. The first-order valence-electron chi connectivity index (χ1n) is 8.77. The van der Waals surface area contributed by atoms with Crippen molar-refractivity contribution in [3.8, 4) is 0 Å². The van der Waals surface area contributed by atoms with Crippen LogP contribution in [0, 0.1) is 5.92 Å². The van der Waals surface area contributed by atoms with Crippen LogP contribution in [0.1, 0.15) is 68.9 Å². The molecule has 0 aromatic carbocycles. The first-order chi connectivity index (χ1) is 10.3. The van der Waals surface area contributed by atoms with Gasteiger partial charge in [0.15, 0.2) is 5.13 Å². The van der Waals surface area contributed by atoms with E-state index in [2.05, 4.69) is 24.1 Å². The molecule has 1 saturated heterocycles. The molecule has 3 rings (SSSR count). The van der Waals surface area contributed by atoms with Crippen molar-refractivity contribution < 1.29 is 0 Å². The normalized spacial score (nSPS) is 23.3. The maximum absolute atomic E-state index is 5.05. The van der Waals surface area contributed by atoms with Gasteiger partial charge in [0.25, 0.3) is 0 Å². The van der Waals surface area contributed by atoms with Crippen LogP contribution in [0.2, 0.25) is 0 Å². The maximum Gasteiger partial charge on any atom is 0.185 e. The molecule has 3 nitrogen and oxygen atoms in total. The molecule has 0 spiro atoms. The topological polar surface area (TPSA) is 28.2 Å². The van der Waals surface area contributed by atoms with E-state index in [1.807, 2.05) is 11.3 Å². The molecule has 0 radical (unpaired) electrons. The molecule has 2 fully saturated rings. The number of thiazole rings is 1. The summed E-state index contributed by atoms with van der Waals surface area (Å²) in [6, 6.07) is 0. The van der Waals surface area contributed by atoms with E-state index >= 15 is 0 Å². The lowest BCUT2D eigenvalue weighted by molar-refractivity contribution is 0.459. The van der Waals surface area contributed by atoms with Gasteiger partial charge in [-0.3, -0.25) is 0 Å². The van der Waals surface area contributed by atoms with Gasteiger partial charge in [0.05, 0.1) is 5.69 Å². The summed E-state index contributed by atoms with van der Waals surface area (Å²) in [6.45, 7) is 8.97. The van der Waals surface area contributed by atoms with Crippen molar-refractivity contribution in [2.24, 2.45) is 5.92 Å². The first kappa shape index (κ1) is 15.3. The number of hydrogen-bond acceptors (Lipinski definition) is 4. The Bertz CT molecular complexity index is 453. The third-order valence-electron chi connectivity index (χ3n) is 4.91. The Hall–Kier alpha value is -0.610. The molecule has 1 aliphatic carbocycles. The molecule has 2 aliphatic rings. The maximum atomic E-state index is 5.05. The number of aromatic nitrogens is 1. The standard InChI is InChI=1S/C17H29N3S/c1-3-13-6-5-10-20(11-9-13)17-19-16(14-7-8-14)15(21-17)12-18-4-2/h13-14,18H,3-12H2,1-2H3. The van der Waals surface area contributed by atoms with Gasteiger partial charge in [-0.15, -0.1) is 11.3 Å². The van der Waals surface area contributed by atoms with Gasteiger partial charge in [-0.2, -0.15) is 0 Å². The van der Waals surface area contributed by atoms with Crippen molar-refractivity contribution in [2.75, 3.05) is 24.5 Å². The van der Waals surface area contributed by atoms with Crippen LogP contribution in [-0.4, -0.2) is 24.6 Å². The Morgan fingerprint density at radius 2 is 2.05 bits per heavy atom. The number of rotatable bonds is 6. The molecular formula is C17H29N3S. The minimum absolute atomic E-state index is 0.763. The zero-order valence-corrected chi connectivity index (χ0v) is 14.3. The summed E-state index contributed by atoms with van der Waals surface area (Å²) in [5.74, 6) is 1.69. The van der Waals surface area contributed by atoms with Gasteiger partial charge in [0.1, 0.15) is 0 Å². The molecule has 1 unspecified atom stereocenters. The number of nitrogens with one attached hydrogen (secondary N) is 1. The van der Waals surface area contributed by atoms with E-state index in [0.717, 1.165) is 24.9 Å². The second-order valence-electron chi connectivity index (χ2n) is 6.55. The molecule has 4 heteroatoms. The van der Waals surface area contributed by atoms with E-state index in [-0.39, 0.29) is 0 Å². The molecule has 2 heterocycles. The second kappa shape index (κ2) is 7.10. The lowest BCUT2D eigenvalue weighted by atomic mass is 9.98. The Labute approximate surface area is 133 Å². The third-order valence-corrected chi connectivity index (χ3v) is 6.04. The van der Waals surface area contributed by atoms with Crippen molar-refractivity contribution >= 4 is 16.5 Å². The summed E-state index contributed by atoms with van der Waals surface area (Å²) >= 11 is 1.94. The number of nitrogens with zero attached hydrogens (tertiary/aromatic N) is 2. The molecule has 1 N–H and O–H groups in total. The average molecular weight is 308 g/mol. The molecule has 1 saturated carbocycles. The molecule has 21 heavy (non-hydrogen) atoms. The van der Waals surface area contributed by atoms with Crippen molar-refractivity contribution in [3.63, 3.8) is 0 Å². The highest BCUT2D eigenvalue weighted by Gasteiger charge is 2.30. The largest absolute Gasteiger partial charge is 0.348 e. The number of anilines is 1. The minimum atomic E-state index is 0.763. The van der Waals surface area contributed by atoms with Gasteiger partial charge in [0, 0.05) is 30.4 Å². The van der Waals surface area contributed by atoms with Crippen molar-refractivity contribution in [1.82, 2.24) is 10.3 Å². The van der Waals surface area contributed by atoms with E-state index in [1.165, 1.54) is 67.3 Å². The third kappa shape index (κ3) is 3.78. The molecular weight excluding hydrogens is 278 g/mol. The van der Waals surface area contributed by atoms with Crippen LogP contribution in [0.15, 0.2) is 0 Å². The van der Waals surface area contributed by atoms with Gasteiger partial charge < -0.3 is 10.2 Å². The summed E-state index contributed by atoms with van der Waals surface area (Å²) in [5, 5.41) is 4.78. The fourth-order valence-corrected chi connectivity index (χ4v) is 4.46. The van der Waals surface area contributed by atoms with Crippen LogP contribution in [0.5, 0.6) is 0 Å². The van der Waals surface area contributed by atoms with Gasteiger partial charge in [-0.1, -0.05) is 20.3 Å². The zero-order valence-electron chi connectivity index (χ0n) is 13.5. The van der Waals surface area contributed by atoms with Crippen LogP contribution < -0.4 is 10.2 Å². The van der Waals surface area contributed by atoms with Gasteiger partial charge in [-0.05, 0) is 44.6 Å². The summed E-state index contributed by atoms with van der Waals surface area (Å²) < 4.78 is 0. The fraction of sp³-hybridized carbons (Fsp3) is 0.824. The Balaban J connectivity index is 1.72. The Kier molecular flexibility index (Phi) is 5.17. The second-order valence-corrected chi connectivity index (χ2v) is 7.61. The summed E-state index contributed by atoms with van der Waals surface area (Å²) in [7, 11) is 0. The van der Waals surface area contributed by atoms with Crippen LogP contribution in [0.3, 0.4) is 0 Å². The quantitative estimate of drug-likeness (QED) is 0.856. The monoisotopic (exact) mass is 307 g/mol. The molecule has 118 valence electrons. The molecule has 0 amide bonds. The van der Waals surface area contributed by atoms with Gasteiger partial charge in [-0.25, -0.2) is 4.98 Å². The van der Waals surface area contributed by atoms with E-state index in [0.29, 0.717) is 0 Å². The highest BCUT2D eigenvalue weighted by atomic mass is 32.1. The molecule has 1 atom stereocenters. The molecule has 1 aromatic heterocycles. The van der Waals surface area contributed by atoms with E-state index in [1.54, 1.807) is 0 Å². The van der Waals surface area contributed by atoms with Crippen LogP contribution in [-0.2, 0) is 6.54 Å². The van der Waals surface area contributed by atoms with E-state index in [9.17, 15) is 0 Å². The predicted molar refractivity (Wildman–Crippen MR) is 91.3 cm³/mol. The zero-order chi connectivity index (χ0) is 14.7. The summed E-state index contributed by atoms with van der Waals surface area (Å²) in [4.78, 5) is 9.09. The highest BCUT2D eigenvalue weighted by Crippen LogP contribution is 2.44. The highest BCUT2D eigenvalue weighted by molar-refractivity contribution is 7.15. The summed E-state index contributed by atoms with van der Waals surface area (Å²) in [5.41, 5.74) is 1.41.